The van der Waals surface area contributed by atoms with E-state index in [1.807, 2.05) is 0 Å². The highest BCUT2D eigenvalue weighted by Crippen LogP contribution is 2.23. The van der Waals surface area contributed by atoms with Crippen molar-refractivity contribution in [1.82, 2.24) is 4.57 Å². The van der Waals surface area contributed by atoms with Crippen LogP contribution in [0, 0.1) is 0 Å². The highest BCUT2D eigenvalue weighted by atomic mass is 35.5. The third-order valence-electron chi connectivity index (χ3n) is 2.98. The fourth-order valence-corrected chi connectivity index (χ4v) is 2.36. The van der Waals surface area contributed by atoms with Gasteiger partial charge in [0.15, 0.2) is 0 Å². The van der Waals surface area contributed by atoms with Crippen LogP contribution in [0.3, 0.4) is 0 Å². The second kappa shape index (κ2) is 6.00. The van der Waals surface area contributed by atoms with Gasteiger partial charge in [0.25, 0.3) is 0 Å². The molecule has 18 heavy (non-hydrogen) atoms. The van der Waals surface area contributed by atoms with E-state index in [4.69, 9.17) is 5.73 Å². The second-order valence-electron chi connectivity index (χ2n) is 5.17. The summed E-state index contributed by atoms with van der Waals surface area (Å²) >= 11 is 1.78. The zero-order chi connectivity index (χ0) is 12.5. The van der Waals surface area contributed by atoms with Crippen LogP contribution in [-0.2, 0) is 6.54 Å². The van der Waals surface area contributed by atoms with E-state index in [1.165, 1.54) is 15.8 Å². The van der Waals surface area contributed by atoms with Crippen LogP contribution in [0.25, 0.3) is 10.9 Å². The van der Waals surface area contributed by atoms with E-state index in [2.05, 4.69) is 55.1 Å². The zero-order valence-electron chi connectivity index (χ0n) is 11.1. The summed E-state index contributed by atoms with van der Waals surface area (Å²) in [6, 6.07) is 8.80. The molecule has 0 aliphatic carbocycles. The number of fused-ring (bicyclic) bond motifs is 1. The molecule has 1 aromatic carbocycles. The topological polar surface area (TPSA) is 30.9 Å². The van der Waals surface area contributed by atoms with Gasteiger partial charge < -0.3 is 10.3 Å². The average Bonchev–Trinajstić information content (AvgIpc) is 2.67. The summed E-state index contributed by atoms with van der Waals surface area (Å²) in [5.74, 6) is 0. The molecule has 0 bridgehead atoms. The van der Waals surface area contributed by atoms with Crippen molar-refractivity contribution in [3.8, 4) is 0 Å². The van der Waals surface area contributed by atoms with Crippen molar-refractivity contribution < 1.29 is 0 Å². The maximum absolute atomic E-state index is 6.03. The maximum atomic E-state index is 6.03. The van der Waals surface area contributed by atoms with Crippen LogP contribution in [-0.4, -0.2) is 16.4 Å². The molecule has 0 amide bonds. The van der Waals surface area contributed by atoms with Crippen LogP contribution in [0.15, 0.2) is 35.4 Å². The minimum Gasteiger partial charge on any atom is -0.347 e. The molecule has 0 saturated heterocycles. The van der Waals surface area contributed by atoms with Gasteiger partial charge in [0.1, 0.15) is 0 Å². The van der Waals surface area contributed by atoms with Crippen LogP contribution >= 0.6 is 24.2 Å². The van der Waals surface area contributed by atoms with Crippen LogP contribution in [0.5, 0.6) is 0 Å². The lowest BCUT2D eigenvalue weighted by molar-refractivity contribution is 0.441. The van der Waals surface area contributed by atoms with Gasteiger partial charge in [-0.05, 0) is 50.8 Å². The Hall–Kier alpha value is -0.640. The number of aromatic nitrogens is 1. The van der Waals surface area contributed by atoms with Gasteiger partial charge in [-0.3, -0.25) is 0 Å². The standard InChI is InChI=1S/C14H20N2S.ClH/c1-14(2,15)7-9-16-8-6-11-10-12(17-3)4-5-13(11)16;/h4-6,8,10H,7,9,15H2,1-3H3;1H. The van der Waals surface area contributed by atoms with Gasteiger partial charge in [-0.2, -0.15) is 0 Å². The molecular formula is C14H21ClN2S. The first kappa shape index (κ1) is 15.4. The summed E-state index contributed by atoms with van der Waals surface area (Å²) in [6.45, 7) is 5.13. The molecule has 0 aliphatic heterocycles. The number of nitrogens with two attached hydrogens (primary N) is 1. The Morgan fingerprint density at radius 2 is 2.00 bits per heavy atom. The molecule has 0 unspecified atom stereocenters. The highest BCUT2D eigenvalue weighted by molar-refractivity contribution is 7.98. The van der Waals surface area contributed by atoms with E-state index in [0.717, 1.165) is 13.0 Å². The quantitative estimate of drug-likeness (QED) is 0.863. The molecule has 0 atom stereocenters. The second-order valence-corrected chi connectivity index (χ2v) is 6.05. The van der Waals surface area contributed by atoms with Crippen molar-refractivity contribution in [1.29, 1.82) is 0 Å². The predicted octanol–water partition coefficient (Wildman–Crippen LogP) is 3.91. The smallest absolute Gasteiger partial charge is 0.0481 e. The lowest BCUT2D eigenvalue weighted by Crippen LogP contribution is -2.33. The van der Waals surface area contributed by atoms with Crippen LogP contribution in [0.1, 0.15) is 20.3 Å². The highest BCUT2D eigenvalue weighted by Gasteiger charge is 2.11. The Morgan fingerprint density at radius 3 is 2.61 bits per heavy atom. The molecule has 2 nitrogen and oxygen atoms in total. The van der Waals surface area contributed by atoms with Crippen LogP contribution in [0.4, 0.5) is 0 Å². The van der Waals surface area contributed by atoms with Crippen molar-refractivity contribution in [3.05, 3.63) is 30.5 Å². The van der Waals surface area contributed by atoms with E-state index in [0.29, 0.717) is 0 Å². The lowest BCUT2D eigenvalue weighted by atomic mass is 10.0. The SMILES string of the molecule is CSc1ccc2c(ccn2CCC(C)(C)N)c1.Cl. The number of thioether (sulfide) groups is 1. The van der Waals surface area contributed by atoms with Gasteiger partial charge in [-0.25, -0.2) is 0 Å². The molecule has 2 N–H and O–H groups in total. The van der Waals surface area contributed by atoms with Gasteiger partial charge >= 0.3 is 0 Å². The lowest BCUT2D eigenvalue weighted by Gasteiger charge is -2.18. The van der Waals surface area contributed by atoms with Gasteiger partial charge in [0, 0.05) is 34.1 Å². The summed E-state index contributed by atoms with van der Waals surface area (Å²) in [4.78, 5) is 1.31. The van der Waals surface area contributed by atoms with Crippen molar-refractivity contribution in [2.75, 3.05) is 6.26 Å². The molecule has 1 aromatic heterocycles. The molecule has 100 valence electrons. The summed E-state index contributed by atoms with van der Waals surface area (Å²) in [6.07, 6.45) is 5.25. The summed E-state index contributed by atoms with van der Waals surface area (Å²) in [5, 5.41) is 1.31. The van der Waals surface area contributed by atoms with Gasteiger partial charge in [-0.15, -0.1) is 24.2 Å². The summed E-state index contributed by atoms with van der Waals surface area (Å²) in [7, 11) is 0. The molecule has 0 aliphatic rings. The monoisotopic (exact) mass is 284 g/mol. The molecule has 4 heteroatoms. The first-order chi connectivity index (χ1) is 7.99. The first-order valence-electron chi connectivity index (χ1n) is 5.91. The number of benzene rings is 1. The van der Waals surface area contributed by atoms with E-state index >= 15 is 0 Å². The van der Waals surface area contributed by atoms with E-state index < -0.39 is 0 Å². The Morgan fingerprint density at radius 1 is 1.28 bits per heavy atom. The Bertz CT molecular complexity index is 514. The van der Waals surface area contributed by atoms with Gasteiger partial charge in [0.2, 0.25) is 0 Å². The number of hydrogen-bond donors (Lipinski definition) is 1. The number of halogens is 1. The van der Waals surface area contributed by atoms with Crippen molar-refractivity contribution in [2.45, 2.75) is 37.2 Å². The molecule has 2 rings (SSSR count). The molecular weight excluding hydrogens is 264 g/mol. The number of aryl methyl sites for hydroxylation is 1. The van der Waals surface area contributed by atoms with Crippen molar-refractivity contribution >= 4 is 35.1 Å². The Balaban J connectivity index is 0.00000162. The minimum atomic E-state index is -0.101. The maximum Gasteiger partial charge on any atom is 0.0481 e. The number of hydrogen-bond acceptors (Lipinski definition) is 2. The first-order valence-corrected chi connectivity index (χ1v) is 7.14. The molecule has 0 fully saturated rings. The number of rotatable bonds is 4. The number of nitrogens with zero attached hydrogens (tertiary/aromatic N) is 1. The van der Waals surface area contributed by atoms with E-state index in [9.17, 15) is 0 Å². The molecule has 1 heterocycles. The van der Waals surface area contributed by atoms with Gasteiger partial charge in [0.05, 0.1) is 0 Å². The fourth-order valence-electron chi connectivity index (χ4n) is 1.91. The Labute approximate surface area is 119 Å². The largest absolute Gasteiger partial charge is 0.347 e. The van der Waals surface area contributed by atoms with E-state index in [-0.39, 0.29) is 17.9 Å². The Kier molecular flexibility index (Phi) is 5.14. The fraction of sp³-hybridized carbons (Fsp3) is 0.429. The molecule has 2 aromatic rings. The van der Waals surface area contributed by atoms with Crippen LogP contribution in [0.2, 0.25) is 0 Å². The zero-order valence-corrected chi connectivity index (χ0v) is 12.8. The summed E-state index contributed by atoms with van der Waals surface area (Å²) < 4.78 is 2.29. The normalized spacial score (nSPS) is 11.6. The van der Waals surface area contributed by atoms with Gasteiger partial charge in [-0.1, -0.05) is 0 Å². The van der Waals surface area contributed by atoms with Crippen molar-refractivity contribution in [3.63, 3.8) is 0 Å². The molecule has 0 saturated carbocycles. The average molecular weight is 285 g/mol. The van der Waals surface area contributed by atoms with Crippen molar-refractivity contribution in [2.24, 2.45) is 5.73 Å². The third-order valence-corrected chi connectivity index (χ3v) is 3.70. The summed E-state index contributed by atoms with van der Waals surface area (Å²) in [5.41, 5.74) is 7.22. The molecule has 0 radical (unpaired) electrons. The predicted molar refractivity (Wildman–Crippen MR) is 83.9 cm³/mol. The van der Waals surface area contributed by atoms with E-state index in [1.54, 1.807) is 11.8 Å². The third kappa shape index (κ3) is 3.67. The van der Waals surface area contributed by atoms with Crippen LogP contribution < -0.4 is 5.73 Å². The molecule has 0 spiro atoms. The minimum absolute atomic E-state index is 0.